The van der Waals surface area contributed by atoms with E-state index in [1.54, 1.807) is 0 Å². The van der Waals surface area contributed by atoms with Crippen LogP contribution in [0.15, 0.2) is 24.3 Å². The number of hydrogen-bond donors (Lipinski definition) is 1. The molecule has 0 aliphatic carbocycles. The Morgan fingerprint density at radius 3 is 2.00 bits per heavy atom. The molecule has 0 aliphatic heterocycles. The molecule has 0 heterocycles. The molecule has 1 aromatic rings. The molecule has 0 saturated heterocycles. The Balaban J connectivity index is 3.17. The zero-order valence-electron chi connectivity index (χ0n) is 10.2. The number of benzene rings is 1. The van der Waals surface area contributed by atoms with Crippen LogP contribution in [-0.4, -0.2) is 12.2 Å². The van der Waals surface area contributed by atoms with E-state index in [1.807, 2.05) is 0 Å². The molecule has 0 saturated carbocycles. The fraction of sp³-hybridized carbons (Fsp3) is 0.500. The van der Waals surface area contributed by atoms with Gasteiger partial charge in [0, 0.05) is 6.04 Å². The Morgan fingerprint density at radius 1 is 1.00 bits per heavy atom. The SMILES string of the molecule is CC(C)N[C@@H](c1cccc(C(F)(F)F)c1)C(F)(F)F. The van der Waals surface area contributed by atoms with Crippen LogP contribution >= 0.6 is 0 Å². The summed E-state index contributed by atoms with van der Waals surface area (Å²) < 4.78 is 76.0. The minimum atomic E-state index is -4.66. The van der Waals surface area contributed by atoms with Crippen LogP contribution in [0.5, 0.6) is 0 Å². The molecule has 0 spiro atoms. The summed E-state index contributed by atoms with van der Waals surface area (Å²) >= 11 is 0. The van der Waals surface area contributed by atoms with Crippen molar-refractivity contribution in [1.82, 2.24) is 5.32 Å². The number of rotatable bonds is 3. The third kappa shape index (κ3) is 4.41. The second-order valence-electron chi connectivity index (χ2n) is 4.42. The first-order chi connectivity index (χ1) is 8.51. The maximum atomic E-state index is 12.9. The monoisotopic (exact) mass is 285 g/mol. The van der Waals surface area contributed by atoms with Crippen LogP contribution in [-0.2, 0) is 6.18 Å². The van der Waals surface area contributed by atoms with Crippen molar-refractivity contribution in [2.45, 2.75) is 38.3 Å². The first-order valence-corrected chi connectivity index (χ1v) is 5.51. The van der Waals surface area contributed by atoms with E-state index in [-0.39, 0.29) is 0 Å². The van der Waals surface area contributed by atoms with E-state index in [4.69, 9.17) is 0 Å². The highest BCUT2D eigenvalue weighted by Crippen LogP contribution is 2.36. The third-order valence-electron chi connectivity index (χ3n) is 2.37. The summed E-state index contributed by atoms with van der Waals surface area (Å²) in [5.41, 5.74) is -1.54. The number of alkyl halides is 6. The lowest BCUT2D eigenvalue weighted by atomic mass is 10.0. The second kappa shape index (κ2) is 5.40. The van der Waals surface area contributed by atoms with Crippen LogP contribution < -0.4 is 5.32 Å². The van der Waals surface area contributed by atoms with Crippen molar-refractivity contribution in [3.8, 4) is 0 Å². The average molecular weight is 285 g/mol. The van der Waals surface area contributed by atoms with E-state index in [1.165, 1.54) is 13.8 Å². The normalized spacial score (nSPS) is 14.8. The topological polar surface area (TPSA) is 12.0 Å². The van der Waals surface area contributed by atoms with Gasteiger partial charge in [-0.2, -0.15) is 26.3 Å². The van der Waals surface area contributed by atoms with Crippen LogP contribution in [0.1, 0.15) is 31.0 Å². The lowest BCUT2D eigenvalue weighted by Crippen LogP contribution is -2.38. The fourth-order valence-corrected chi connectivity index (χ4v) is 1.61. The van der Waals surface area contributed by atoms with Crippen molar-refractivity contribution in [3.05, 3.63) is 35.4 Å². The summed E-state index contributed by atoms with van der Waals surface area (Å²) in [4.78, 5) is 0. The van der Waals surface area contributed by atoms with Crippen molar-refractivity contribution in [3.63, 3.8) is 0 Å². The fourth-order valence-electron chi connectivity index (χ4n) is 1.61. The van der Waals surface area contributed by atoms with Gasteiger partial charge in [0.2, 0.25) is 0 Å². The average Bonchev–Trinajstić information content (AvgIpc) is 2.23. The predicted octanol–water partition coefficient (Wildman–Crippen LogP) is 4.31. The Morgan fingerprint density at radius 2 is 1.58 bits per heavy atom. The molecule has 0 radical (unpaired) electrons. The van der Waals surface area contributed by atoms with E-state index in [0.717, 1.165) is 18.2 Å². The minimum Gasteiger partial charge on any atom is -0.300 e. The highest BCUT2D eigenvalue weighted by Gasteiger charge is 2.42. The Labute approximate surface area is 106 Å². The van der Waals surface area contributed by atoms with Gasteiger partial charge in [0.15, 0.2) is 0 Å². The van der Waals surface area contributed by atoms with Crippen molar-refractivity contribution in [2.24, 2.45) is 0 Å². The largest absolute Gasteiger partial charge is 0.416 e. The molecule has 7 heteroatoms. The highest BCUT2D eigenvalue weighted by atomic mass is 19.4. The van der Waals surface area contributed by atoms with Crippen LogP contribution in [0.25, 0.3) is 0 Å². The molecule has 0 aromatic heterocycles. The van der Waals surface area contributed by atoms with Gasteiger partial charge in [0.25, 0.3) is 0 Å². The predicted molar refractivity (Wildman–Crippen MR) is 58.5 cm³/mol. The van der Waals surface area contributed by atoms with Gasteiger partial charge in [-0.3, -0.25) is 0 Å². The van der Waals surface area contributed by atoms with Crippen molar-refractivity contribution < 1.29 is 26.3 Å². The molecule has 108 valence electrons. The van der Waals surface area contributed by atoms with E-state index in [0.29, 0.717) is 6.07 Å². The summed E-state index contributed by atoms with van der Waals surface area (Å²) in [6, 6.07) is 0.637. The number of halogens is 6. The third-order valence-corrected chi connectivity index (χ3v) is 2.37. The molecule has 0 aliphatic rings. The smallest absolute Gasteiger partial charge is 0.300 e. The summed E-state index contributed by atoms with van der Waals surface area (Å²) in [5.74, 6) is 0. The highest BCUT2D eigenvalue weighted by molar-refractivity contribution is 5.29. The van der Waals surface area contributed by atoms with E-state index >= 15 is 0 Å². The molecular formula is C12H13F6N. The molecular weight excluding hydrogens is 272 g/mol. The number of nitrogens with one attached hydrogen (secondary N) is 1. The Bertz CT molecular complexity index is 421. The lowest BCUT2D eigenvalue weighted by Gasteiger charge is -2.24. The van der Waals surface area contributed by atoms with Gasteiger partial charge in [-0.1, -0.05) is 26.0 Å². The van der Waals surface area contributed by atoms with Gasteiger partial charge >= 0.3 is 12.4 Å². The zero-order valence-corrected chi connectivity index (χ0v) is 10.2. The minimum absolute atomic E-state index is 0.448. The standard InChI is InChI=1S/C12H13F6N/c1-7(2)19-10(12(16,17)18)8-4-3-5-9(6-8)11(13,14)15/h3-7,10,19H,1-2H3/t10-/m0/s1. The van der Waals surface area contributed by atoms with Crippen LogP contribution in [0.4, 0.5) is 26.3 Å². The summed E-state index contributed by atoms with van der Waals surface area (Å²) in [6.45, 7) is 2.98. The first-order valence-electron chi connectivity index (χ1n) is 5.51. The van der Waals surface area contributed by atoms with Crippen molar-refractivity contribution in [1.29, 1.82) is 0 Å². The number of hydrogen-bond acceptors (Lipinski definition) is 1. The van der Waals surface area contributed by atoms with E-state index < -0.39 is 35.6 Å². The molecule has 0 amide bonds. The van der Waals surface area contributed by atoms with Gasteiger partial charge in [0.05, 0.1) is 5.56 Å². The molecule has 0 bridgehead atoms. The molecule has 19 heavy (non-hydrogen) atoms. The Kier molecular flexibility index (Phi) is 4.50. The quantitative estimate of drug-likeness (QED) is 0.816. The Hall–Kier alpha value is -1.24. The molecule has 1 rings (SSSR count). The molecule has 0 unspecified atom stereocenters. The maximum absolute atomic E-state index is 12.9. The zero-order chi connectivity index (χ0) is 14.8. The molecule has 1 N–H and O–H groups in total. The molecule has 1 aromatic carbocycles. The van der Waals surface area contributed by atoms with Crippen molar-refractivity contribution >= 4 is 0 Å². The van der Waals surface area contributed by atoms with E-state index in [9.17, 15) is 26.3 Å². The second-order valence-corrected chi connectivity index (χ2v) is 4.42. The van der Waals surface area contributed by atoms with Gasteiger partial charge in [-0.25, -0.2) is 0 Å². The van der Waals surface area contributed by atoms with Gasteiger partial charge in [-0.05, 0) is 17.7 Å². The summed E-state index contributed by atoms with van der Waals surface area (Å²) in [7, 11) is 0. The van der Waals surface area contributed by atoms with Crippen molar-refractivity contribution in [2.75, 3.05) is 0 Å². The molecule has 1 nitrogen and oxygen atoms in total. The lowest BCUT2D eigenvalue weighted by molar-refractivity contribution is -0.159. The molecule has 1 atom stereocenters. The summed E-state index contributed by atoms with van der Waals surface area (Å²) in [5, 5.41) is 2.22. The first kappa shape index (κ1) is 15.8. The van der Waals surface area contributed by atoms with Gasteiger partial charge in [0.1, 0.15) is 6.04 Å². The van der Waals surface area contributed by atoms with Crippen LogP contribution in [0, 0.1) is 0 Å². The van der Waals surface area contributed by atoms with Gasteiger partial charge < -0.3 is 5.32 Å². The van der Waals surface area contributed by atoms with E-state index in [2.05, 4.69) is 5.32 Å². The molecule has 0 fully saturated rings. The van der Waals surface area contributed by atoms with Crippen LogP contribution in [0.2, 0.25) is 0 Å². The van der Waals surface area contributed by atoms with Gasteiger partial charge in [-0.15, -0.1) is 0 Å². The summed E-state index contributed by atoms with van der Waals surface area (Å²) in [6.07, 6.45) is -9.32. The maximum Gasteiger partial charge on any atom is 0.416 e. The van der Waals surface area contributed by atoms with Crippen LogP contribution in [0.3, 0.4) is 0 Å².